The molecule has 13 nitrogen and oxygen atoms in total. The first kappa shape index (κ1) is 28.3. The van der Waals surface area contributed by atoms with Gasteiger partial charge in [0.15, 0.2) is 17.8 Å². The van der Waals surface area contributed by atoms with E-state index in [0.717, 1.165) is 12.3 Å². The summed E-state index contributed by atoms with van der Waals surface area (Å²) in [6, 6.07) is 4.44. The second-order valence-corrected chi connectivity index (χ2v) is 9.72. The summed E-state index contributed by atoms with van der Waals surface area (Å²) in [7, 11) is 1.38. The van der Waals surface area contributed by atoms with Crippen LogP contribution in [0.4, 0.5) is 0 Å². The minimum absolute atomic E-state index is 0.0743. The van der Waals surface area contributed by atoms with Gasteiger partial charge >= 0.3 is 5.97 Å². The van der Waals surface area contributed by atoms with Crippen molar-refractivity contribution in [2.24, 2.45) is 5.92 Å². The summed E-state index contributed by atoms with van der Waals surface area (Å²) in [5, 5.41) is 71.7. The van der Waals surface area contributed by atoms with Crippen LogP contribution in [-0.2, 0) is 23.7 Å². The number of fused-ring (bicyclic) bond motifs is 1. The van der Waals surface area contributed by atoms with Gasteiger partial charge in [0.25, 0.3) is 0 Å². The van der Waals surface area contributed by atoms with Gasteiger partial charge in [-0.2, -0.15) is 0 Å². The van der Waals surface area contributed by atoms with E-state index in [1.807, 2.05) is 0 Å². The third-order valence-corrected chi connectivity index (χ3v) is 7.17. The maximum atomic E-state index is 12.8. The lowest BCUT2D eigenvalue weighted by Gasteiger charge is -2.45. The molecule has 4 rings (SSSR count). The van der Waals surface area contributed by atoms with E-state index in [1.165, 1.54) is 38.3 Å². The van der Waals surface area contributed by atoms with Crippen LogP contribution in [0.1, 0.15) is 18.9 Å². The minimum Gasteiger partial charge on any atom is -0.504 e. The monoisotopic (exact) mass is 540 g/mol. The highest BCUT2D eigenvalue weighted by molar-refractivity contribution is 5.87. The van der Waals surface area contributed by atoms with E-state index < -0.39 is 72.8 Å². The number of aromatic hydroxyl groups is 1. The van der Waals surface area contributed by atoms with Gasteiger partial charge in [0.1, 0.15) is 35.6 Å². The molecule has 0 spiro atoms. The Balaban J connectivity index is 1.54. The smallest absolute Gasteiger partial charge is 0.331 e. The van der Waals surface area contributed by atoms with Crippen LogP contribution in [0, 0.1) is 5.92 Å². The van der Waals surface area contributed by atoms with Gasteiger partial charge in [0.2, 0.25) is 6.29 Å². The average molecular weight is 541 g/mol. The van der Waals surface area contributed by atoms with E-state index in [9.17, 15) is 40.5 Å². The van der Waals surface area contributed by atoms with Gasteiger partial charge in [-0.15, -0.1) is 0 Å². The Morgan fingerprint density at radius 3 is 2.58 bits per heavy atom. The molecule has 38 heavy (non-hydrogen) atoms. The highest BCUT2D eigenvalue weighted by atomic mass is 16.8. The van der Waals surface area contributed by atoms with E-state index in [-0.39, 0.29) is 17.9 Å². The summed E-state index contributed by atoms with van der Waals surface area (Å²) >= 11 is 0. The second kappa shape index (κ2) is 10.8. The topological polar surface area (TPSA) is 205 Å². The standard InChI is InChI=1S/C25H32O13/c1-24(38-17(29)6-4-12-3-5-13(27)14(9-12)34-2)10-16(28)25(33)7-8-35-23(21(24)25)37-22-20(32)19(31)18(30)15(11-26)36-22/h3-9,15-16,18-23,26-28,30-33H,10-11H2,1-2H3/b6-4+/t15-,16-,18-,19+,20-,21-,22+,23?,24+,25-/m1/s1. The fraction of sp³-hybridized carbons (Fsp3) is 0.560. The minimum atomic E-state index is -1.96. The Labute approximate surface area is 217 Å². The molecule has 0 amide bonds. The van der Waals surface area contributed by atoms with Gasteiger partial charge in [0.05, 0.1) is 32.0 Å². The van der Waals surface area contributed by atoms with Gasteiger partial charge < -0.3 is 59.4 Å². The van der Waals surface area contributed by atoms with Crippen molar-refractivity contribution in [1.82, 2.24) is 0 Å². The Bertz CT molecular complexity index is 1070. The zero-order valence-corrected chi connectivity index (χ0v) is 20.7. The molecule has 1 unspecified atom stereocenters. The lowest BCUT2D eigenvalue weighted by atomic mass is 9.81. The number of ether oxygens (including phenoxy) is 5. The first-order chi connectivity index (χ1) is 17.9. The van der Waals surface area contributed by atoms with Crippen LogP contribution in [0.15, 0.2) is 36.6 Å². The molecule has 1 aromatic carbocycles. The van der Waals surface area contributed by atoms with Crippen LogP contribution in [-0.4, -0.2) is 110 Å². The van der Waals surface area contributed by atoms with Crippen LogP contribution in [0.25, 0.3) is 6.08 Å². The van der Waals surface area contributed by atoms with Crippen molar-refractivity contribution in [2.75, 3.05) is 13.7 Å². The van der Waals surface area contributed by atoms with Crippen LogP contribution in [0.2, 0.25) is 0 Å². The molecule has 7 N–H and O–H groups in total. The van der Waals surface area contributed by atoms with Crippen molar-refractivity contribution in [2.45, 2.75) is 67.6 Å². The number of carbonyl (C=O) groups excluding carboxylic acids is 1. The lowest BCUT2D eigenvalue weighted by molar-refractivity contribution is -0.351. The molecule has 1 aromatic rings. The molecule has 2 fully saturated rings. The maximum Gasteiger partial charge on any atom is 0.331 e. The Hall–Kier alpha value is -2.75. The molecule has 0 bridgehead atoms. The van der Waals surface area contributed by atoms with E-state index >= 15 is 0 Å². The van der Waals surface area contributed by atoms with E-state index in [4.69, 9.17) is 23.7 Å². The van der Waals surface area contributed by atoms with E-state index in [2.05, 4.69) is 0 Å². The zero-order valence-electron chi connectivity index (χ0n) is 20.7. The van der Waals surface area contributed by atoms with Gasteiger partial charge in [-0.3, -0.25) is 0 Å². The Morgan fingerprint density at radius 2 is 1.89 bits per heavy atom. The van der Waals surface area contributed by atoms with Crippen molar-refractivity contribution >= 4 is 12.0 Å². The summed E-state index contributed by atoms with van der Waals surface area (Å²) in [6.07, 6.45) is -6.16. The number of phenolic OH excluding ortho intramolecular Hbond substituents is 1. The number of carbonyl (C=O) groups is 1. The molecule has 1 saturated carbocycles. The van der Waals surface area contributed by atoms with E-state index in [0.29, 0.717) is 5.56 Å². The third-order valence-electron chi connectivity index (χ3n) is 7.17. The number of esters is 1. The number of hydrogen-bond acceptors (Lipinski definition) is 13. The normalized spacial score (nSPS) is 40.5. The van der Waals surface area contributed by atoms with Gasteiger partial charge in [-0.05, 0) is 36.8 Å². The van der Waals surface area contributed by atoms with Crippen LogP contribution < -0.4 is 4.74 Å². The van der Waals surface area contributed by atoms with Crippen LogP contribution >= 0.6 is 0 Å². The molecule has 1 aliphatic carbocycles. The molecule has 3 aliphatic rings. The average Bonchev–Trinajstić information content (AvgIpc) is 3.08. The number of methoxy groups -OCH3 is 1. The predicted molar refractivity (Wildman–Crippen MR) is 126 cm³/mol. The number of hydrogen-bond donors (Lipinski definition) is 7. The largest absolute Gasteiger partial charge is 0.504 e. The van der Waals surface area contributed by atoms with Crippen molar-refractivity contribution in [3.05, 3.63) is 42.2 Å². The number of phenols is 1. The molecular weight excluding hydrogens is 508 g/mol. The SMILES string of the molecule is COc1cc(/C=C/C(=O)O[C@@]2(C)C[C@@H](O)[C@]3(O)C=COC(O[C@@H]4O[C@H](CO)[C@@H](O)[C@H](O)[C@H]4O)[C@@H]32)ccc1O. The first-order valence-corrected chi connectivity index (χ1v) is 11.9. The number of rotatable bonds is 7. The number of aliphatic hydroxyl groups is 6. The highest BCUT2D eigenvalue weighted by Crippen LogP contribution is 2.51. The molecular formula is C25H32O13. The van der Waals surface area contributed by atoms with Crippen molar-refractivity contribution in [1.29, 1.82) is 0 Å². The maximum absolute atomic E-state index is 12.8. The highest BCUT2D eigenvalue weighted by Gasteiger charge is 2.66. The molecule has 2 aliphatic heterocycles. The summed E-state index contributed by atoms with van der Waals surface area (Å²) in [6.45, 7) is 0.789. The van der Waals surface area contributed by atoms with Gasteiger partial charge in [0, 0.05) is 12.5 Å². The fourth-order valence-electron chi connectivity index (χ4n) is 5.15. The molecule has 0 aromatic heterocycles. The Kier molecular flexibility index (Phi) is 8.02. The summed E-state index contributed by atoms with van der Waals surface area (Å²) in [4.78, 5) is 12.8. The molecule has 210 valence electrons. The molecule has 13 heteroatoms. The predicted octanol–water partition coefficient (Wildman–Crippen LogP) is -1.49. The van der Waals surface area contributed by atoms with Crippen molar-refractivity contribution < 1.29 is 64.2 Å². The summed E-state index contributed by atoms with van der Waals surface area (Å²) in [5.74, 6) is -1.92. The second-order valence-electron chi connectivity index (χ2n) is 9.72. The van der Waals surface area contributed by atoms with Gasteiger partial charge in [-0.25, -0.2) is 4.79 Å². The quantitative estimate of drug-likeness (QED) is 0.156. The molecule has 2 heterocycles. The molecule has 1 saturated heterocycles. The molecule has 0 radical (unpaired) electrons. The first-order valence-electron chi connectivity index (χ1n) is 11.9. The van der Waals surface area contributed by atoms with E-state index in [1.54, 1.807) is 6.07 Å². The summed E-state index contributed by atoms with van der Waals surface area (Å²) < 4.78 is 27.3. The number of aliphatic hydroxyl groups excluding tert-OH is 5. The van der Waals surface area contributed by atoms with Crippen molar-refractivity contribution in [3.8, 4) is 11.5 Å². The fourth-order valence-corrected chi connectivity index (χ4v) is 5.15. The summed E-state index contributed by atoms with van der Waals surface area (Å²) in [5.41, 5.74) is -2.98. The number of benzene rings is 1. The lowest BCUT2D eigenvalue weighted by Crippen LogP contribution is -2.62. The van der Waals surface area contributed by atoms with Crippen LogP contribution in [0.3, 0.4) is 0 Å². The Morgan fingerprint density at radius 1 is 1.16 bits per heavy atom. The van der Waals surface area contributed by atoms with Crippen molar-refractivity contribution in [3.63, 3.8) is 0 Å². The molecule has 10 atom stereocenters. The van der Waals surface area contributed by atoms with Gasteiger partial charge in [-0.1, -0.05) is 6.07 Å². The zero-order chi connectivity index (χ0) is 27.8. The third kappa shape index (κ3) is 5.11. The van der Waals surface area contributed by atoms with Crippen LogP contribution in [0.5, 0.6) is 11.5 Å².